The monoisotopic (exact) mass is 706 g/mol. The Labute approximate surface area is 235 Å². The zero-order chi connectivity index (χ0) is 35.5. The van der Waals surface area contributed by atoms with Gasteiger partial charge in [0.15, 0.2) is 69.8 Å². The van der Waals surface area contributed by atoms with Crippen LogP contribution in [0.5, 0.6) is 0 Å². The van der Waals surface area contributed by atoms with Crippen molar-refractivity contribution < 1.29 is 96.6 Å². The number of alkyl halides is 10. The summed E-state index contributed by atoms with van der Waals surface area (Å²) >= 11 is 0. The van der Waals surface area contributed by atoms with Gasteiger partial charge in [0.2, 0.25) is 0 Å². The first-order valence-corrected chi connectivity index (χ1v) is 10.9. The van der Waals surface area contributed by atoms with Gasteiger partial charge in [-0.3, -0.25) is 0 Å². The average molecular weight is 706 g/mol. The first kappa shape index (κ1) is 34.7. The van der Waals surface area contributed by atoms with Gasteiger partial charge in [-0.2, -0.15) is 43.9 Å². The van der Waals surface area contributed by atoms with E-state index < -0.39 is 138 Å². The molecule has 0 amide bonds. The van der Waals surface area contributed by atoms with E-state index in [0.717, 1.165) is 0 Å². The Hall–Kier alpha value is -4.14. The van der Waals surface area contributed by atoms with E-state index in [-0.39, 0.29) is 0 Å². The number of benzene rings is 4. The van der Waals surface area contributed by atoms with Crippen LogP contribution >= 0.6 is 0 Å². The standard InChI is InChI=1S/C24F22/c25-9-1(3-5(13(29)19(35)17(33)11(3)27)7(15(9)31)21(37,38)23(41,42)43)2-4-6(14(30)20(36)18(34)12(4)28)8(16(32)10(2)26)22(39,40)24(44,45)46. The van der Waals surface area contributed by atoms with Gasteiger partial charge in [0.25, 0.3) is 0 Å². The van der Waals surface area contributed by atoms with Crippen molar-refractivity contribution in [3.63, 3.8) is 0 Å². The first-order chi connectivity index (χ1) is 20.7. The Morgan fingerprint density at radius 1 is 0.239 bits per heavy atom. The van der Waals surface area contributed by atoms with E-state index >= 15 is 8.78 Å². The van der Waals surface area contributed by atoms with Crippen LogP contribution in [0.4, 0.5) is 96.6 Å². The molecule has 0 saturated carbocycles. The minimum Gasteiger partial charge on any atom is -0.203 e. The lowest BCUT2D eigenvalue weighted by Gasteiger charge is -2.26. The highest BCUT2D eigenvalue weighted by Crippen LogP contribution is 2.55. The lowest BCUT2D eigenvalue weighted by atomic mass is 9.85. The SMILES string of the molecule is Fc1c(F)c(F)c2c(C(F)(F)C(F)(F)F)c(F)c(F)c(-c3c(F)c(F)c(C(F)(F)C(F)(F)F)c4c(F)c(F)c(F)c(F)c34)c2c1F. The third-order valence-corrected chi connectivity index (χ3v) is 6.39. The molecule has 0 heterocycles. The predicted octanol–water partition coefficient (Wildman–Crippen LogP) is 10.6. The van der Waals surface area contributed by atoms with E-state index in [1.54, 1.807) is 0 Å². The third-order valence-electron chi connectivity index (χ3n) is 6.39. The molecule has 0 bridgehead atoms. The van der Waals surface area contributed by atoms with E-state index in [4.69, 9.17) is 0 Å². The lowest BCUT2D eigenvalue weighted by molar-refractivity contribution is -0.289. The second-order valence-electron chi connectivity index (χ2n) is 8.91. The quantitative estimate of drug-likeness (QED) is 0.113. The molecule has 0 spiro atoms. The van der Waals surface area contributed by atoms with Crippen LogP contribution in [0, 0.1) is 69.8 Å². The molecule has 0 atom stereocenters. The van der Waals surface area contributed by atoms with E-state index in [0.29, 0.717) is 0 Å². The molecule has 0 N–H and O–H groups in total. The van der Waals surface area contributed by atoms with Crippen molar-refractivity contribution in [2.45, 2.75) is 24.2 Å². The summed E-state index contributed by atoms with van der Waals surface area (Å²) in [6, 6.07) is 0. The van der Waals surface area contributed by atoms with Crippen molar-refractivity contribution in [1.29, 1.82) is 0 Å². The van der Waals surface area contributed by atoms with Crippen molar-refractivity contribution in [2.75, 3.05) is 0 Å². The van der Waals surface area contributed by atoms with Gasteiger partial charge < -0.3 is 0 Å². The number of halogens is 22. The van der Waals surface area contributed by atoms with Gasteiger partial charge in [-0.15, -0.1) is 0 Å². The summed E-state index contributed by atoms with van der Waals surface area (Å²) in [5, 5.41) is -12.7. The highest BCUT2D eigenvalue weighted by atomic mass is 19.4. The zero-order valence-corrected chi connectivity index (χ0v) is 20.3. The van der Waals surface area contributed by atoms with E-state index in [2.05, 4.69) is 0 Å². The number of hydrogen-bond acceptors (Lipinski definition) is 0. The molecule has 46 heavy (non-hydrogen) atoms. The van der Waals surface area contributed by atoms with Gasteiger partial charge in [-0.25, -0.2) is 52.7 Å². The second kappa shape index (κ2) is 10.2. The van der Waals surface area contributed by atoms with Crippen molar-refractivity contribution in [3.8, 4) is 11.1 Å². The lowest BCUT2D eigenvalue weighted by Crippen LogP contribution is -2.36. The normalized spacial score (nSPS) is 13.4. The molecule has 0 aliphatic heterocycles. The maximum Gasteiger partial charge on any atom is 0.458 e. The molecule has 250 valence electrons. The van der Waals surface area contributed by atoms with E-state index in [1.165, 1.54) is 0 Å². The van der Waals surface area contributed by atoms with Crippen LogP contribution in [0.2, 0.25) is 0 Å². The minimum atomic E-state index is -7.17. The number of hydrogen-bond donors (Lipinski definition) is 0. The highest BCUT2D eigenvalue weighted by Gasteiger charge is 2.63. The molecule has 0 unspecified atom stereocenters. The van der Waals surface area contributed by atoms with Gasteiger partial charge in [0.05, 0.1) is 11.1 Å². The van der Waals surface area contributed by atoms with E-state index in [9.17, 15) is 87.8 Å². The summed E-state index contributed by atoms with van der Waals surface area (Å²) in [7, 11) is 0. The molecular weight excluding hydrogens is 706 g/mol. The summed E-state index contributed by atoms with van der Waals surface area (Å²) in [4.78, 5) is 0. The van der Waals surface area contributed by atoms with Gasteiger partial charge in [-0.05, 0) is 0 Å². The van der Waals surface area contributed by atoms with Crippen molar-refractivity contribution in [1.82, 2.24) is 0 Å². The summed E-state index contributed by atoms with van der Waals surface area (Å²) in [5.74, 6) is -56.6. The zero-order valence-electron chi connectivity index (χ0n) is 20.3. The van der Waals surface area contributed by atoms with Gasteiger partial charge >= 0.3 is 24.2 Å². The van der Waals surface area contributed by atoms with Crippen LogP contribution in [-0.4, -0.2) is 12.4 Å². The molecule has 22 heteroatoms. The molecule has 0 fully saturated rings. The Bertz CT molecular complexity index is 1840. The molecule has 4 rings (SSSR count). The minimum absolute atomic E-state index is 3.10. The van der Waals surface area contributed by atoms with E-state index in [1.807, 2.05) is 0 Å². The summed E-state index contributed by atoms with van der Waals surface area (Å²) in [5.41, 5.74) is -13.8. The fraction of sp³-hybridized carbons (Fsp3) is 0.167. The Morgan fingerprint density at radius 3 is 0.674 bits per heavy atom. The smallest absolute Gasteiger partial charge is 0.203 e. The Balaban J connectivity index is 2.52. The van der Waals surface area contributed by atoms with Crippen LogP contribution in [0.15, 0.2) is 0 Å². The second-order valence-corrected chi connectivity index (χ2v) is 8.91. The molecule has 4 aromatic carbocycles. The van der Waals surface area contributed by atoms with Crippen LogP contribution in [-0.2, 0) is 11.8 Å². The van der Waals surface area contributed by atoms with Crippen LogP contribution in [0.3, 0.4) is 0 Å². The Kier molecular flexibility index (Phi) is 7.68. The molecule has 0 radical (unpaired) electrons. The molecule has 0 saturated heterocycles. The van der Waals surface area contributed by atoms with Gasteiger partial charge in [-0.1, -0.05) is 0 Å². The predicted molar refractivity (Wildman–Crippen MR) is 106 cm³/mol. The summed E-state index contributed by atoms with van der Waals surface area (Å²) in [6.45, 7) is 0. The summed E-state index contributed by atoms with van der Waals surface area (Å²) < 4.78 is 312. The van der Waals surface area contributed by atoms with Crippen LogP contribution < -0.4 is 0 Å². The van der Waals surface area contributed by atoms with Crippen LogP contribution in [0.25, 0.3) is 32.7 Å². The van der Waals surface area contributed by atoms with Gasteiger partial charge in [0.1, 0.15) is 0 Å². The maximum atomic E-state index is 15.3. The number of fused-ring (bicyclic) bond motifs is 2. The Morgan fingerprint density at radius 2 is 0.457 bits per heavy atom. The van der Waals surface area contributed by atoms with Gasteiger partial charge in [0, 0.05) is 32.7 Å². The molecule has 0 aliphatic carbocycles. The molecule has 0 nitrogen and oxygen atoms in total. The number of rotatable bonds is 3. The maximum absolute atomic E-state index is 15.3. The first-order valence-electron chi connectivity index (χ1n) is 10.9. The third kappa shape index (κ3) is 4.33. The molecule has 0 aliphatic rings. The van der Waals surface area contributed by atoms with Crippen molar-refractivity contribution in [2.24, 2.45) is 0 Å². The largest absolute Gasteiger partial charge is 0.458 e. The van der Waals surface area contributed by atoms with Crippen LogP contribution in [0.1, 0.15) is 11.1 Å². The molecule has 0 aromatic heterocycles. The molecule has 4 aromatic rings. The highest BCUT2D eigenvalue weighted by molar-refractivity contribution is 6.09. The van der Waals surface area contributed by atoms with Crippen molar-refractivity contribution in [3.05, 3.63) is 80.9 Å². The van der Waals surface area contributed by atoms with Crippen molar-refractivity contribution >= 4 is 21.5 Å². The fourth-order valence-electron chi connectivity index (χ4n) is 4.42. The summed E-state index contributed by atoms with van der Waals surface area (Å²) in [6.07, 6.45) is -14.3. The molecular formula is C24F22. The average Bonchev–Trinajstić information content (AvgIpc) is 2.93. The fourth-order valence-corrected chi connectivity index (χ4v) is 4.42. The topological polar surface area (TPSA) is 0 Å².